The average molecular weight is 271 g/mol. The minimum absolute atomic E-state index is 0.0584. The van der Waals surface area contributed by atoms with Gasteiger partial charge in [0, 0.05) is 19.6 Å². The number of carbonyl (C=O) groups excluding carboxylic acids is 1. The molecule has 1 rings (SSSR count). The van der Waals surface area contributed by atoms with E-state index in [0.717, 1.165) is 39.0 Å². The van der Waals surface area contributed by atoms with Crippen molar-refractivity contribution in [3.63, 3.8) is 0 Å². The Morgan fingerprint density at radius 2 is 2.05 bits per heavy atom. The van der Waals surface area contributed by atoms with E-state index in [1.807, 2.05) is 6.92 Å². The lowest BCUT2D eigenvalue weighted by Crippen LogP contribution is -2.40. The lowest BCUT2D eigenvalue weighted by atomic mass is 10.1. The van der Waals surface area contributed by atoms with E-state index in [1.54, 1.807) is 0 Å². The van der Waals surface area contributed by atoms with Crippen molar-refractivity contribution < 1.29 is 14.3 Å². The van der Waals surface area contributed by atoms with Crippen molar-refractivity contribution in [3.8, 4) is 0 Å². The third kappa shape index (κ3) is 7.53. The molecule has 19 heavy (non-hydrogen) atoms. The van der Waals surface area contributed by atoms with Crippen LogP contribution >= 0.6 is 0 Å². The first-order chi connectivity index (χ1) is 9.26. The molecule has 1 saturated heterocycles. The highest BCUT2D eigenvalue weighted by molar-refractivity contribution is 5.69. The molecular formula is C15H29NO3. The summed E-state index contributed by atoms with van der Waals surface area (Å²) in [6.45, 7) is 8.63. The summed E-state index contributed by atoms with van der Waals surface area (Å²) in [5.74, 6) is -0.0584. The van der Waals surface area contributed by atoms with Gasteiger partial charge in [0.05, 0.1) is 12.7 Å². The van der Waals surface area contributed by atoms with Gasteiger partial charge in [-0.05, 0) is 52.6 Å². The highest BCUT2D eigenvalue weighted by atomic mass is 16.5. The molecule has 1 heterocycles. The van der Waals surface area contributed by atoms with Gasteiger partial charge in [0.25, 0.3) is 0 Å². The largest absolute Gasteiger partial charge is 0.466 e. The number of esters is 1. The number of hydrogen-bond acceptors (Lipinski definition) is 4. The van der Waals surface area contributed by atoms with Crippen molar-refractivity contribution in [2.75, 3.05) is 32.8 Å². The van der Waals surface area contributed by atoms with Crippen LogP contribution < -0.4 is 0 Å². The number of likely N-dealkylation sites (tertiary alicyclic amines) is 1. The maximum Gasteiger partial charge on any atom is 0.305 e. The zero-order valence-corrected chi connectivity index (χ0v) is 12.5. The highest BCUT2D eigenvalue weighted by Gasteiger charge is 2.19. The number of piperidine rings is 1. The van der Waals surface area contributed by atoms with Crippen LogP contribution in [0, 0.1) is 0 Å². The monoisotopic (exact) mass is 271 g/mol. The van der Waals surface area contributed by atoms with Gasteiger partial charge in [-0.3, -0.25) is 4.79 Å². The molecule has 1 atom stereocenters. The first kappa shape index (κ1) is 16.4. The Morgan fingerprint density at radius 1 is 1.21 bits per heavy atom. The quantitative estimate of drug-likeness (QED) is 0.477. The molecule has 0 saturated carbocycles. The third-order valence-electron chi connectivity index (χ3n) is 3.53. The Bertz CT molecular complexity index is 244. The van der Waals surface area contributed by atoms with Gasteiger partial charge in [-0.2, -0.15) is 0 Å². The lowest BCUT2D eigenvalue weighted by Gasteiger charge is -2.32. The molecule has 0 N–H and O–H groups in total. The van der Waals surface area contributed by atoms with Crippen LogP contribution in [0.2, 0.25) is 0 Å². The summed E-state index contributed by atoms with van der Waals surface area (Å²) in [7, 11) is 0. The Morgan fingerprint density at radius 3 is 2.79 bits per heavy atom. The summed E-state index contributed by atoms with van der Waals surface area (Å²) in [6.07, 6.45) is 6.66. The molecule has 1 aliphatic heterocycles. The molecule has 0 aromatic heterocycles. The lowest BCUT2D eigenvalue weighted by molar-refractivity contribution is -0.143. The maximum atomic E-state index is 11.2. The van der Waals surface area contributed by atoms with Crippen LogP contribution in [-0.4, -0.2) is 49.8 Å². The molecule has 4 nitrogen and oxygen atoms in total. The van der Waals surface area contributed by atoms with E-state index in [-0.39, 0.29) is 5.97 Å². The van der Waals surface area contributed by atoms with Crippen LogP contribution in [0.5, 0.6) is 0 Å². The third-order valence-corrected chi connectivity index (χ3v) is 3.53. The Hall–Kier alpha value is -0.610. The standard InChI is InChI=1S/C15H29NO3/c1-3-18-14-9-8-12-16(13-14)11-7-5-6-10-15(17)19-4-2/h14H,3-13H2,1-2H3. The summed E-state index contributed by atoms with van der Waals surface area (Å²) in [4.78, 5) is 13.7. The van der Waals surface area contributed by atoms with Gasteiger partial charge in [-0.1, -0.05) is 6.42 Å². The smallest absolute Gasteiger partial charge is 0.305 e. The van der Waals surface area contributed by atoms with Crippen molar-refractivity contribution in [2.24, 2.45) is 0 Å². The summed E-state index contributed by atoms with van der Waals surface area (Å²) >= 11 is 0. The first-order valence-corrected chi connectivity index (χ1v) is 7.75. The minimum Gasteiger partial charge on any atom is -0.466 e. The minimum atomic E-state index is -0.0584. The molecule has 0 aromatic rings. The summed E-state index contributed by atoms with van der Waals surface area (Å²) < 4.78 is 10.6. The van der Waals surface area contributed by atoms with Gasteiger partial charge in [-0.15, -0.1) is 0 Å². The molecule has 0 spiro atoms. The Kier molecular flexibility index (Phi) is 8.84. The second-order valence-electron chi connectivity index (χ2n) is 5.14. The predicted octanol–water partition coefficient (Wildman–Crippen LogP) is 2.61. The fourth-order valence-corrected chi connectivity index (χ4v) is 2.60. The van der Waals surface area contributed by atoms with Gasteiger partial charge >= 0.3 is 5.97 Å². The summed E-state index contributed by atoms with van der Waals surface area (Å²) in [6, 6.07) is 0. The van der Waals surface area contributed by atoms with E-state index in [4.69, 9.17) is 9.47 Å². The number of carbonyl (C=O) groups is 1. The van der Waals surface area contributed by atoms with Crippen molar-refractivity contribution in [1.82, 2.24) is 4.90 Å². The number of nitrogens with zero attached hydrogens (tertiary/aromatic N) is 1. The fraction of sp³-hybridized carbons (Fsp3) is 0.933. The molecule has 0 bridgehead atoms. The second-order valence-corrected chi connectivity index (χ2v) is 5.14. The van der Waals surface area contributed by atoms with Gasteiger partial charge in [0.1, 0.15) is 0 Å². The van der Waals surface area contributed by atoms with Crippen molar-refractivity contribution >= 4 is 5.97 Å². The van der Waals surface area contributed by atoms with Crippen LogP contribution in [0.3, 0.4) is 0 Å². The molecule has 4 heteroatoms. The zero-order valence-electron chi connectivity index (χ0n) is 12.5. The van der Waals surface area contributed by atoms with E-state index in [1.165, 1.54) is 19.4 Å². The topological polar surface area (TPSA) is 38.8 Å². The van der Waals surface area contributed by atoms with Crippen LogP contribution in [0.4, 0.5) is 0 Å². The molecular weight excluding hydrogens is 242 g/mol. The second kappa shape index (κ2) is 10.2. The van der Waals surface area contributed by atoms with E-state index in [9.17, 15) is 4.79 Å². The normalized spacial score (nSPS) is 20.4. The van der Waals surface area contributed by atoms with Crippen LogP contribution in [0.25, 0.3) is 0 Å². The van der Waals surface area contributed by atoms with Gasteiger partial charge < -0.3 is 14.4 Å². The molecule has 1 fully saturated rings. The number of unbranched alkanes of at least 4 members (excludes halogenated alkanes) is 2. The van der Waals surface area contributed by atoms with Crippen LogP contribution in [-0.2, 0) is 14.3 Å². The average Bonchev–Trinajstić information content (AvgIpc) is 2.39. The van der Waals surface area contributed by atoms with E-state index in [0.29, 0.717) is 19.1 Å². The summed E-state index contributed by atoms with van der Waals surface area (Å²) in [5, 5.41) is 0. The number of hydrogen-bond donors (Lipinski definition) is 0. The van der Waals surface area contributed by atoms with E-state index in [2.05, 4.69) is 11.8 Å². The number of ether oxygens (including phenoxy) is 2. The first-order valence-electron chi connectivity index (χ1n) is 7.75. The van der Waals surface area contributed by atoms with Crippen LogP contribution in [0.15, 0.2) is 0 Å². The SMILES string of the molecule is CCOC(=O)CCCCCN1CCCC(OCC)C1. The highest BCUT2D eigenvalue weighted by Crippen LogP contribution is 2.14. The maximum absolute atomic E-state index is 11.2. The van der Waals surface area contributed by atoms with Gasteiger partial charge in [0.2, 0.25) is 0 Å². The van der Waals surface area contributed by atoms with Crippen molar-refractivity contribution in [2.45, 2.75) is 58.5 Å². The summed E-state index contributed by atoms with van der Waals surface area (Å²) in [5.41, 5.74) is 0. The van der Waals surface area contributed by atoms with Crippen LogP contribution in [0.1, 0.15) is 52.4 Å². The van der Waals surface area contributed by atoms with Gasteiger partial charge in [0.15, 0.2) is 0 Å². The molecule has 1 aliphatic rings. The van der Waals surface area contributed by atoms with E-state index >= 15 is 0 Å². The molecule has 0 aliphatic carbocycles. The molecule has 0 amide bonds. The molecule has 112 valence electrons. The molecule has 0 aromatic carbocycles. The Labute approximate surface area is 117 Å². The zero-order chi connectivity index (χ0) is 13.9. The van der Waals surface area contributed by atoms with Crippen molar-refractivity contribution in [3.05, 3.63) is 0 Å². The molecule has 1 unspecified atom stereocenters. The number of rotatable bonds is 9. The van der Waals surface area contributed by atoms with E-state index < -0.39 is 0 Å². The Balaban J connectivity index is 2.01. The fourth-order valence-electron chi connectivity index (χ4n) is 2.60. The molecule has 0 radical (unpaired) electrons. The predicted molar refractivity (Wildman–Crippen MR) is 76.2 cm³/mol. The van der Waals surface area contributed by atoms with Gasteiger partial charge in [-0.25, -0.2) is 0 Å². The van der Waals surface area contributed by atoms with Crippen molar-refractivity contribution in [1.29, 1.82) is 0 Å².